The molecule has 0 aliphatic heterocycles. The number of nitrogens with two attached hydrogens (primary N) is 1. The van der Waals surface area contributed by atoms with E-state index in [9.17, 15) is 4.79 Å². The molecule has 0 saturated heterocycles. The summed E-state index contributed by atoms with van der Waals surface area (Å²) in [6, 6.07) is 4.31. The first-order chi connectivity index (χ1) is 9.47. The van der Waals surface area contributed by atoms with Crippen LogP contribution in [-0.4, -0.2) is 17.1 Å². The summed E-state index contributed by atoms with van der Waals surface area (Å²) in [5.41, 5.74) is 7.84. The van der Waals surface area contributed by atoms with Crippen molar-refractivity contribution in [1.82, 2.24) is 5.32 Å². The van der Waals surface area contributed by atoms with Crippen molar-refractivity contribution >= 4 is 55.9 Å². The molecule has 0 radical (unpaired) electrons. The second kappa shape index (κ2) is 8.36. The van der Waals surface area contributed by atoms with Gasteiger partial charge in [-0.1, -0.05) is 15.9 Å². The van der Waals surface area contributed by atoms with Crippen molar-refractivity contribution in [2.75, 3.05) is 5.73 Å². The van der Waals surface area contributed by atoms with E-state index >= 15 is 0 Å². The minimum Gasteiger partial charge on any atom is -0.481 e. The zero-order valence-corrected chi connectivity index (χ0v) is 15.4. The summed E-state index contributed by atoms with van der Waals surface area (Å²) < 4.78 is 1.88. The van der Waals surface area contributed by atoms with Crippen LogP contribution in [0.4, 0.5) is 5.69 Å². The molecule has 0 amide bonds. The van der Waals surface area contributed by atoms with E-state index in [1.165, 1.54) is 0 Å². The number of anilines is 1. The Kier molecular flexibility index (Phi) is 7.47. The van der Waals surface area contributed by atoms with Gasteiger partial charge in [0.15, 0.2) is 0 Å². The average Bonchev–Trinajstić information content (AvgIpc) is 2.41. The number of rotatable bonds is 4. The number of aliphatic carboxylic acids is 1. The maximum absolute atomic E-state index is 10.9. The summed E-state index contributed by atoms with van der Waals surface area (Å²) in [6.45, 7) is 0.701. The fourth-order valence-electron chi connectivity index (χ4n) is 2.58. The molecule has 0 unspecified atom stereocenters. The Labute approximate surface area is 147 Å². The zero-order chi connectivity index (χ0) is 14.7. The third-order valence-electron chi connectivity index (χ3n) is 3.84. The topological polar surface area (TPSA) is 75.3 Å². The van der Waals surface area contributed by atoms with Gasteiger partial charge in [0.1, 0.15) is 0 Å². The van der Waals surface area contributed by atoms with Gasteiger partial charge in [-0.25, -0.2) is 0 Å². The highest BCUT2D eigenvalue weighted by molar-refractivity contribution is 9.11. The Morgan fingerprint density at radius 3 is 2.48 bits per heavy atom. The quantitative estimate of drug-likeness (QED) is 0.618. The van der Waals surface area contributed by atoms with E-state index in [4.69, 9.17) is 10.8 Å². The second-order valence-electron chi connectivity index (χ2n) is 5.23. The molecule has 7 heteroatoms. The van der Waals surface area contributed by atoms with Gasteiger partial charge in [-0.05, 0) is 59.3 Å². The third kappa shape index (κ3) is 5.13. The number of carbonyl (C=O) groups is 1. The molecule has 4 nitrogen and oxygen atoms in total. The molecule has 1 saturated carbocycles. The fourth-order valence-corrected chi connectivity index (χ4v) is 3.90. The average molecular weight is 443 g/mol. The lowest BCUT2D eigenvalue weighted by Gasteiger charge is -2.27. The molecule has 1 aromatic rings. The summed E-state index contributed by atoms with van der Waals surface area (Å²) in [7, 11) is 0. The largest absolute Gasteiger partial charge is 0.481 e. The van der Waals surface area contributed by atoms with Crippen molar-refractivity contribution in [3.8, 4) is 0 Å². The van der Waals surface area contributed by atoms with Crippen molar-refractivity contribution in [2.45, 2.75) is 38.3 Å². The summed E-state index contributed by atoms with van der Waals surface area (Å²) in [5, 5.41) is 12.5. The maximum Gasteiger partial charge on any atom is 0.306 e. The van der Waals surface area contributed by atoms with Crippen LogP contribution in [0.5, 0.6) is 0 Å². The molecule has 4 N–H and O–H groups in total. The Bertz CT molecular complexity index is 506. The van der Waals surface area contributed by atoms with Crippen LogP contribution in [0.3, 0.4) is 0 Å². The standard InChI is InChI=1S/C14H18Br2N2O2.ClH/c15-10-5-9(13(17)12(16)6-10)7-18-11-3-1-8(2-4-11)14(19)20;/h5-6,8,11,18H,1-4,7,17H2,(H,19,20);1H. The van der Waals surface area contributed by atoms with Crippen LogP contribution >= 0.6 is 44.3 Å². The summed E-state index contributed by atoms with van der Waals surface area (Å²) >= 11 is 6.90. The highest BCUT2D eigenvalue weighted by Crippen LogP contribution is 2.29. The minimum atomic E-state index is -0.663. The van der Waals surface area contributed by atoms with E-state index in [-0.39, 0.29) is 18.3 Å². The molecule has 118 valence electrons. The summed E-state index contributed by atoms with van der Waals surface area (Å²) in [4.78, 5) is 10.9. The number of hydrogen-bond donors (Lipinski definition) is 3. The molecular formula is C14H19Br2ClN2O2. The number of carboxylic acids is 1. The molecule has 1 aliphatic rings. The Morgan fingerprint density at radius 1 is 1.29 bits per heavy atom. The van der Waals surface area contributed by atoms with Crippen LogP contribution in [0.25, 0.3) is 0 Å². The predicted octanol–water partition coefficient (Wildman–Crippen LogP) is 3.95. The smallest absolute Gasteiger partial charge is 0.306 e. The van der Waals surface area contributed by atoms with E-state index in [2.05, 4.69) is 37.2 Å². The van der Waals surface area contributed by atoms with Gasteiger partial charge in [0.05, 0.1) is 11.6 Å². The van der Waals surface area contributed by atoms with Gasteiger partial charge in [-0.2, -0.15) is 0 Å². The summed E-state index contributed by atoms with van der Waals surface area (Å²) in [6.07, 6.45) is 3.33. The van der Waals surface area contributed by atoms with E-state index in [1.807, 2.05) is 12.1 Å². The van der Waals surface area contributed by atoms with Crippen LogP contribution in [0.2, 0.25) is 0 Å². The third-order valence-corrected chi connectivity index (χ3v) is 4.95. The lowest BCUT2D eigenvalue weighted by Crippen LogP contribution is -2.34. The molecule has 1 aromatic carbocycles. The highest BCUT2D eigenvalue weighted by atomic mass is 79.9. The normalized spacial score (nSPS) is 21.6. The zero-order valence-electron chi connectivity index (χ0n) is 11.4. The van der Waals surface area contributed by atoms with Crippen LogP contribution in [0.1, 0.15) is 31.2 Å². The molecule has 21 heavy (non-hydrogen) atoms. The van der Waals surface area contributed by atoms with Crippen molar-refractivity contribution < 1.29 is 9.90 Å². The van der Waals surface area contributed by atoms with Crippen LogP contribution in [0, 0.1) is 5.92 Å². The van der Waals surface area contributed by atoms with E-state index in [1.54, 1.807) is 0 Å². The van der Waals surface area contributed by atoms with Crippen LogP contribution in [0.15, 0.2) is 21.1 Å². The van der Waals surface area contributed by atoms with Gasteiger partial charge in [0, 0.05) is 21.5 Å². The van der Waals surface area contributed by atoms with E-state index in [0.717, 1.165) is 45.9 Å². The first kappa shape index (κ1) is 18.7. The molecule has 0 atom stereocenters. The van der Waals surface area contributed by atoms with Crippen LogP contribution in [-0.2, 0) is 11.3 Å². The molecular weight excluding hydrogens is 423 g/mol. The van der Waals surface area contributed by atoms with Crippen molar-refractivity contribution in [1.29, 1.82) is 0 Å². The van der Waals surface area contributed by atoms with Crippen molar-refractivity contribution in [2.24, 2.45) is 5.92 Å². The molecule has 1 aliphatic carbocycles. The van der Waals surface area contributed by atoms with E-state index in [0.29, 0.717) is 12.6 Å². The molecule has 0 aromatic heterocycles. The molecule has 0 heterocycles. The number of halogens is 3. The summed E-state index contributed by atoms with van der Waals surface area (Å²) in [5.74, 6) is -0.832. The van der Waals surface area contributed by atoms with Crippen molar-refractivity contribution in [3.05, 3.63) is 26.6 Å². The minimum absolute atomic E-state index is 0. The molecule has 0 spiro atoms. The van der Waals surface area contributed by atoms with Crippen LogP contribution < -0.4 is 11.1 Å². The molecule has 2 rings (SSSR count). The van der Waals surface area contributed by atoms with Gasteiger partial charge < -0.3 is 16.2 Å². The fraction of sp³-hybridized carbons (Fsp3) is 0.500. The molecule has 0 bridgehead atoms. The monoisotopic (exact) mass is 440 g/mol. The highest BCUT2D eigenvalue weighted by Gasteiger charge is 2.25. The number of nitrogens with one attached hydrogen (secondary N) is 1. The van der Waals surface area contributed by atoms with Gasteiger partial charge in [-0.15, -0.1) is 12.4 Å². The van der Waals surface area contributed by atoms with Gasteiger partial charge in [-0.3, -0.25) is 4.79 Å². The van der Waals surface area contributed by atoms with Gasteiger partial charge in [0.2, 0.25) is 0 Å². The van der Waals surface area contributed by atoms with Gasteiger partial charge in [0.25, 0.3) is 0 Å². The lowest BCUT2D eigenvalue weighted by atomic mass is 9.86. The number of carboxylic acid groups (broad SMARTS) is 1. The maximum atomic E-state index is 10.9. The SMILES string of the molecule is Cl.Nc1c(Br)cc(Br)cc1CNC1CCC(C(=O)O)CC1. The number of nitrogen functional groups attached to an aromatic ring is 1. The Balaban J connectivity index is 0.00000220. The first-order valence-corrected chi connectivity index (χ1v) is 8.25. The molecule has 1 fully saturated rings. The van der Waals surface area contributed by atoms with Gasteiger partial charge >= 0.3 is 5.97 Å². The second-order valence-corrected chi connectivity index (χ2v) is 7.00. The Hall–Kier alpha value is -0.300. The predicted molar refractivity (Wildman–Crippen MR) is 93.7 cm³/mol. The number of benzene rings is 1. The lowest BCUT2D eigenvalue weighted by molar-refractivity contribution is -0.142. The van der Waals surface area contributed by atoms with E-state index < -0.39 is 5.97 Å². The van der Waals surface area contributed by atoms with Crippen molar-refractivity contribution in [3.63, 3.8) is 0 Å². The first-order valence-electron chi connectivity index (χ1n) is 6.67. The Morgan fingerprint density at radius 2 is 1.90 bits per heavy atom. The number of hydrogen-bond acceptors (Lipinski definition) is 3.